The lowest BCUT2D eigenvalue weighted by molar-refractivity contribution is 0.148. The summed E-state index contributed by atoms with van der Waals surface area (Å²) in [5.74, 6) is 0. The highest BCUT2D eigenvalue weighted by atomic mass is 16.5. The Bertz CT molecular complexity index is 320. The van der Waals surface area contributed by atoms with Crippen LogP contribution in [0, 0.1) is 0 Å². The molecule has 1 aromatic heterocycles. The summed E-state index contributed by atoms with van der Waals surface area (Å²) < 4.78 is 6.95. The summed E-state index contributed by atoms with van der Waals surface area (Å²) in [5.41, 5.74) is 2.34. The molecule has 0 spiro atoms. The van der Waals surface area contributed by atoms with E-state index in [2.05, 4.69) is 17.3 Å². The molecule has 5 nitrogen and oxygen atoms in total. The maximum absolute atomic E-state index is 8.95. The lowest BCUT2D eigenvalue weighted by Crippen LogP contribution is -2.33. The number of methoxy groups -OCH3 is 1. The highest BCUT2D eigenvalue weighted by molar-refractivity contribution is 5.16. The molecular weight excluding hydrogens is 218 g/mol. The van der Waals surface area contributed by atoms with E-state index in [-0.39, 0.29) is 12.6 Å². The molecule has 5 heteroatoms. The summed E-state index contributed by atoms with van der Waals surface area (Å²) in [6.07, 6.45) is 3.68. The van der Waals surface area contributed by atoms with Gasteiger partial charge in [-0.05, 0) is 12.8 Å². The first-order valence-corrected chi connectivity index (χ1v) is 6.05. The number of nitrogens with one attached hydrogen (secondary N) is 1. The van der Waals surface area contributed by atoms with Gasteiger partial charge in [0.15, 0.2) is 0 Å². The standard InChI is InChI=1S/C12H23N3O2/c1-4-12-10(8-15(2)14-12)7-13-11(5-6-16)9-17-3/h8,11,13,16H,4-7,9H2,1-3H3. The number of aromatic nitrogens is 2. The molecule has 0 fully saturated rings. The molecule has 0 amide bonds. The largest absolute Gasteiger partial charge is 0.396 e. The third-order valence-electron chi connectivity index (χ3n) is 2.75. The minimum atomic E-state index is 0.175. The summed E-state index contributed by atoms with van der Waals surface area (Å²) in [6.45, 7) is 3.66. The Labute approximate surface area is 103 Å². The minimum absolute atomic E-state index is 0.175. The Balaban J connectivity index is 2.51. The van der Waals surface area contributed by atoms with E-state index in [9.17, 15) is 0 Å². The lowest BCUT2D eigenvalue weighted by Gasteiger charge is -2.16. The van der Waals surface area contributed by atoms with Crippen LogP contribution in [0.1, 0.15) is 24.6 Å². The van der Waals surface area contributed by atoms with Gasteiger partial charge in [-0.2, -0.15) is 5.10 Å². The number of nitrogens with zero attached hydrogens (tertiary/aromatic N) is 2. The fourth-order valence-electron chi connectivity index (χ4n) is 1.88. The molecule has 1 heterocycles. The van der Waals surface area contributed by atoms with Gasteiger partial charge in [-0.1, -0.05) is 6.92 Å². The van der Waals surface area contributed by atoms with Gasteiger partial charge in [0.05, 0.1) is 12.3 Å². The Morgan fingerprint density at radius 2 is 2.35 bits per heavy atom. The van der Waals surface area contributed by atoms with Gasteiger partial charge in [0.25, 0.3) is 0 Å². The Morgan fingerprint density at radius 3 is 2.94 bits per heavy atom. The van der Waals surface area contributed by atoms with E-state index in [1.165, 1.54) is 5.56 Å². The van der Waals surface area contributed by atoms with Crippen molar-refractivity contribution >= 4 is 0 Å². The molecule has 0 aliphatic heterocycles. The van der Waals surface area contributed by atoms with E-state index in [1.807, 2.05) is 17.9 Å². The fourth-order valence-corrected chi connectivity index (χ4v) is 1.88. The number of aliphatic hydroxyl groups is 1. The second-order valence-electron chi connectivity index (χ2n) is 4.17. The average Bonchev–Trinajstić information content (AvgIpc) is 2.67. The summed E-state index contributed by atoms with van der Waals surface area (Å²) >= 11 is 0. The average molecular weight is 241 g/mol. The molecule has 2 N–H and O–H groups in total. The van der Waals surface area contributed by atoms with Crippen molar-refractivity contribution in [2.45, 2.75) is 32.4 Å². The van der Waals surface area contributed by atoms with Gasteiger partial charge >= 0.3 is 0 Å². The molecule has 98 valence electrons. The zero-order valence-electron chi connectivity index (χ0n) is 10.9. The number of hydrogen-bond donors (Lipinski definition) is 2. The molecule has 1 rings (SSSR count). The van der Waals surface area contributed by atoms with Crippen LogP contribution < -0.4 is 5.32 Å². The van der Waals surface area contributed by atoms with E-state index >= 15 is 0 Å². The first-order chi connectivity index (χ1) is 8.21. The zero-order valence-corrected chi connectivity index (χ0v) is 10.9. The molecule has 1 aromatic rings. The summed E-state index contributed by atoms with van der Waals surface area (Å²) in [4.78, 5) is 0. The molecule has 0 saturated heterocycles. The van der Waals surface area contributed by atoms with Crippen LogP contribution in [0.25, 0.3) is 0 Å². The van der Waals surface area contributed by atoms with E-state index in [4.69, 9.17) is 9.84 Å². The quantitative estimate of drug-likeness (QED) is 0.694. The van der Waals surface area contributed by atoms with E-state index in [1.54, 1.807) is 7.11 Å². The lowest BCUT2D eigenvalue weighted by atomic mass is 10.2. The van der Waals surface area contributed by atoms with Crippen molar-refractivity contribution in [1.82, 2.24) is 15.1 Å². The van der Waals surface area contributed by atoms with Crippen LogP contribution in [-0.4, -0.2) is 41.3 Å². The number of rotatable bonds is 8. The second-order valence-corrected chi connectivity index (χ2v) is 4.17. The predicted octanol–water partition coefficient (Wildman–Crippen LogP) is 0.469. The van der Waals surface area contributed by atoms with Crippen LogP contribution in [0.3, 0.4) is 0 Å². The summed E-state index contributed by atoms with van der Waals surface area (Å²) in [5, 5.41) is 16.7. The van der Waals surface area contributed by atoms with Crippen LogP contribution in [-0.2, 0) is 24.8 Å². The molecule has 0 aromatic carbocycles. The van der Waals surface area contributed by atoms with Gasteiger partial charge in [-0.15, -0.1) is 0 Å². The van der Waals surface area contributed by atoms with Crippen molar-refractivity contribution in [2.75, 3.05) is 20.3 Å². The van der Waals surface area contributed by atoms with Crippen molar-refractivity contribution < 1.29 is 9.84 Å². The zero-order chi connectivity index (χ0) is 12.7. The normalized spacial score (nSPS) is 12.9. The summed E-state index contributed by atoms with van der Waals surface area (Å²) in [6, 6.07) is 0.190. The van der Waals surface area contributed by atoms with Gasteiger partial charge in [-0.25, -0.2) is 0 Å². The fraction of sp³-hybridized carbons (Fsp3) is 0.750. The second kappa shape index (κ2) is 7.42. The van der Waals surface area contributed by atoms with Crippen molar-refractivity contribution in [2.24, 2.45) is 7.05 Å². The van der Waals surface area contributed by atoms with Gasteiger partial charge in [0.1, 0.15) is 0 Å². The molecule has 0 saturated carbocycles. The number of aliphatic hydroxyl groups excluding tert-OH is 1. The SMILES string of the molecule is CCc1nn(C)cc1CNC(CCO)COC. The van der Waals surface area contributed by atoms with Crippen LogP contribution in [0.2, 0.25) is 0 Å². The molecule has 17 heavy (non-hydrogen) atoms. The van der Waals surface area contributed by atoms with E-state index in [0.717, 1.165) is 18.7 Å². The molecule has 0 aliphatic rings. The summed E-state index contributed by atoms with van der Waals surface area (Å²) in [7, 11) is 3.61. The van der Waals surface area contributed by atoms with Gasteiger partial charge in [0.2, 0.25) is 0 Å². The molecule has 0 bridgehead atoms. The highest BCUT2D eigenvalue weighted by Gasteiger charge is 2.10. The van der Waals surface area contributed by atoms with Crippen molar-refractivity contribution in [3.63, 3.8) is 0 Å². The van der Waals surface area contributed by atoms with Crippen molar-refractivity contribution in [3.8, 4) is 0 Å². The maximum Gasteiger partial charge on any atom is 0.0666 e. The highest BCUT2D eigenvalue weighted by Crippen LogP contribution is 2.07. The van der Waals surface area contributed by atoms with E-state index < -0.39 is 0 Å². The van der Waals surface area contributed by atoms with Gasteiger partial charge in [-0.3, -0.25) is 4.68 Å². The molecule has 1 atom stereocenters. The third kappa shape index (κ3) is 4.46. The van der Waals surface area contributed by atoms with Crippen molar-refractivity contribution in [1.29, 1.82) is 0 Å². The topological polar surface area (TPSA) is 59.3 Å². The molecule has 1 unspecified atom stereocenters. The Kier molecular flexibility index (Phi) is 6.18. The van der Waals surface area contributed by atoms with Crippen molar-refractivity contribution in [3.05, 3.63) is 17.5 Å². The van der Waals surface area contributed by atoms with Gasteiger partial charge < -0.3 is 15.2 Å². The Hall–Kier alpha value is -0.910. The smallest absolute Gasteiger partial charge is 0.0666 e. The predicted molar refractivity (Wildman–Crippen MR) is 66.8 cm³/mol. The van der Waals surface area contributed by atoms with Crippen LogP contribution >= 0.6 is 0 Å². The van der Waals surface area contributed by atoms with Gasteiger partial charge in [0, 0.05) is 45.1 Å². The first kappa shape index (κ1) is 14.2. The van der Waals surface area contributed by atoms with Crippen LogP contribution in [0.4, 0.5) is 0 Å². The van der Waals surface area contributed by atoms with Crippen LogP contribution in [0.15, 0.2) is 6.20 Å². The first-order valence-electron chi connectivity index (χ1n) is 6.05. The van der Waals surface area contributed by atoms with Crippen LogP contribution in [0.5, 0.6) is 0 Å². The minimum Gasteiger partial charge on any atom is -0.396 e. The molecular formula is C12H23N3O2. The third-order valence-corrected chi connectivity index (χ3v) is 2.75. The maximum atomic E-state index is 8.95. The molecule has 0 radical (unpaired) electrons. The van der Waals surface area contributed by atoms with E-state index in [0.29, 0.717) is 13.0 Å². The number of ether oxygens (including phenoxy) is 1. The number of aryl methyl sites for hydroxylation is 2. The molecule has 0 aliphatic carbocycles. The Morgan fingerprint density at radius 1 is 1.59 bits per heavy atom. The number of hydrogen-bond acceptors (Lipinski definition) is 4. The monoisotopic (exact) mass is 241 g/mol.